The van der Waals surface area contributed by atoms with E-state index >= 15 is 0 Å². The van der Waals surface area contributed by atoms with E-state index in [1.165, 1.54) is 0 Å². The topological polar surface area (TPSA) is 85.1 Å². The van der Waals surface area contributed by atoms with E-state index in [4.69, 9.17) is 17.0 Å². The molecule has 0 heterocycles. The van der Waals surface area contributed by atoms with Crippen molar-refractivity contribution in [2.45, 2.75) is 18.7 Å². The molecule has 1 aromatic rings. The van der Waals surface area contributed by atoms with Gasteiger partial charge in [-0.15, -0.1) is 11.8 Å². The van der Waals surface area contributed by atoms with Gasteiger partial charge in [-0.25, -0.2) is 5.90 Å². The largest absolute Gasteiger partial charge is 0.384 e. The van der Waals surface area contributed by atoms with Gasteiger partial charge >= 0.3 is 0 Å². The summed E-state index contributed by atoms with van der Waals surface area (Å²) in [5, 5.41) is 7.21. The minimum atomic E-state index is 0.0897. The van der Waals surface area contributed by atoms with Crippen molar-refractivity contribution < 1.29 is 4.84 Å². The summed E-state index contributed by atoms with van der Waals surface area (Å²) >= 11 is 1.65. The van der Waals surface area contributed by atoms with E-state index in [2.05, 4.69) is 4.84 Å². The molecule has 5 N–H and O–H groups in total. The SMILES string of the molecule is CC.N=C(N)c1ccc(SCCON)cc1. The Morgan fingerprint density at radius 2 is 1.88 bits per heavy atom. The van der Waals surface area contributed by atoms with Crippen molar-refractivity contribution >= 4 is 17.6 Å². The molecule has 0 atom stereocenters. The van der Waals surface area contributed by atoms with E-state index in [0.29, 0.717) is 6.61 Å². The van der Waals surface area contributed by atoms with Gasteiger partial charge in [-0.1, -0.05) is 26.0 Å². The van der Waals surface area contributed by atoms with Crippen LogP contribution in [0.25, 0.3) is 0 Å². The third kappa shape index (κ3) is 5.75. The van der Waals surface area contributed by atoms with E-state index in [1.54, 1.807) is 11.8 Å². The Hall–Kier alpha value is -1.04. The van der Waals surface area contributed by atoms with Crippen LogP contribution in [-0.2, 0) is 4.84 Å². The molecule has 0 bridgehead atoms. The van der Waals surface area contributed by atoms with E-state index in [-0.39, 0.29) is 5.84 Å². The molecule has 0 aliphatic heterocycles. The molecule has 0 radical (unpaired) electrons. The predicted molar refractivity (Wildman–Crippen MR) is 69.7 cm³/mol. The van der Waals surface area contributed by atoms with Crippen LogP contribution in [0.4, 0.5) is 0 Å². The van der Waals surface area contributed by atoms with E-state index in [9.17, 15) is 0 Å². The first-order valence-electron chi connectivity index (χ1n) is 5.13. The molecule has 0 saturated carbocycles. The number of nitrogen functional groups attached to an aromatic ring is 1. The van der Waals surface area contributed by atoms with Crippen LogP contribution in [0.2, 0.25) is 0 Å². The van der Waals surface area contributed by atoms with Crippen LogP contribution in [-0.4, -0.2) is 18.2 Å². The predicted octanol–water partition coefficient (Wildman–Crippen LogP) is 1.98. The Kier molecular flexibility index (Phi) is 8.61. The number of hydrogen-bond donors (Lipinski definition) is 3. The summed E-state index contributed by atoms with van der Waals surface area (Å²) in [5.74, 6) is 5.80. The lowest BCUT2D eigenvalue weighted by molar-refractivity contribution is 0.155. The standard InChI is InChI=1S/C9H13N3OS.C2H6/c10-9(11)7-1-3-8(4-2-7)14-6-5-13-12;1-2/h1-4H,5-6,12H2,(H3,10,11);1-2H3. The number of benzene rings is 1. The summed E-state index contributed by atoms with van der Waals surface area (Å²) in [6.45, 7) is 4.53. The maximum absolute atomic E-state index is 7.21. The summed E-state index contributed by atoms with van der Waals surface area (Å²) in [5.41, 5.74) is 6.07. The highest BCUT2D eigenvalue weighted by Crippen LogP contribution is 2.17. The second-order valence-electron chi connectivity index (χ2n) is 2.66. The Labute approximate surface area is 101 Å². The van der Waals surface area contributed by atoms with Crippen LogP contribution in [0.15, 0.2) is 29.2 Å². The Bertz CT molecular complexity index is 301. The van der Waals surface area contributed by atoms with Crippen LogP contribution in [0, 0.1) is 5.41 Å². The lowest BCUT2D eigenvalue weighted by atomic mass is 10.2. The quantitative estimate of drug-likeness (QED) is 0.242. The van der Waals surface area contributed by atoms with Gasteiger partial charge in [-0.3, -0.25) is 5.41 Å². The Morgan fingerprint density at radius 1 is 1.31 bits per heavy atom. The molecule has 0 fully saturated rings. The fraction of sp³-hybridized carbons (Fsp3) is 0.364. The molecule has 1 rings (SSSR count). The second-order valence-corrected chi connectivity index (χ2v) is 3.83. The molecular weight excluding hydrogens is 222 g/mol. The first kappa shape index (κ1) is 15.0. The van der Waals surface area contributed by atoms with Gasteiger partial charge in [0.2, 0.25) is 0 Å². The lowest BCUT2D eigenvalue weighted by Crippen LogP contribution is -2.10. The van der Waals surface area contributed by atoms with Crippen LogP contribution in [0.3, 0.4) is 0 Å². The summed E-state index contributed by atoms with van der Waals surface area (Å²) in [6.07, 6.45) is 0. The van der Waals surface area contributed by atoms with Gasteiger partial charge in [-0.05, 0) is 12.1 Å². The fourth-order valence-electron chi connectivity index (χ4n) is 0.938. The summed E-state index contributed by atoms with van der Waals surface area (Å²) in [7, 11) is 0. The van der Waals surface area contributed by atoms with E-state index in [0.717, 1.165) is 16.2 Å². The van der Waals surface area contributed by atoms with E-state index < -0.39 is 0 Å². The average molecular weight is 241 g/mol. The minimum absolute atomic E-state index is 0.0897. The van der Waals surface area contributed by atoms with Gasteiger partial charge in [0.15, 0.2) is 0 Å². The highest BCUT2D eigenvalue weighted by molar-refractivity contribution is 7.99. The van der Waals surface area contributed by atoms with Gasteiger partial charge in [0, 0.05) is 16.2 Å². The van der Waals surface area contributed by atoms with Gasteiger partial charge in [0.25, 0.3) is 0 Å². The van der Waals surface area contributed by atoms with Crippen molar-refractivity contribution in [2.75, 3.05) is 12.4 Å². The molecule has 0 saturated heterocycles. The maximum Gasteiger partial charge on any atom is 0.122 e. The molecule has 16 heavy (non-hydrogen) atoms. The average Bonchev–Trinajstić information content (AvgIpc) is 2.33. The molecule has 0 unspecified atom stereocenters. The number of rotatable bonds is 5. The summed E-state index contributed by atoms with van der Waals surface area (Å²) in [6, 6.07) is 7.51. The second kappa shape index (κ2) is 9.21. The molecule has 1 aromatic carbocycles. The highest BCUT2D eigenvalue weighted by atomic mass is 32.2. The normalized spacial score (nSPS) is 9.19. The maximum atomic E-state index is 7.21. The monoisotopic (exact) mass is 241 g/mol. The molecular formula is C11H19N3OS. The molecule has 0 aliphatic rings. The smallest absolute Gasteiger partial charge is 0.122 e. The van der Waals surface area contributed by atoms with Crippen LogP contribution in [0.1, 0.15) is 19.4 Å². The third-order valence-electron chi connectivity index (χ3n) is 1.64. The number of amidine groups is 1. The third-order valence-corrected chi connectivity index (χ3v) is 2.61. The summed E-state index contributed by atoms with van der Waals surface area (Å²) < 4.78 is 0. The van der Waals surface area contributed by atoms with Crippen LogP contribution in [0.5, 0.6) is 0 Å². The van der Waals surface area contributed by atoms with Crippen molar-refractivity contribution in [3.8, 4) is 0 Å². The lowest BCUT2D eigenvalue weighted by Gasteiger charge is -2.02. The first-order valence-corrected chi connectivity index (χ1v) is 6.11. The molecule has 0 spiro atoms. The van der Waals surface area contributed by atoms with E-state index in [1.807, 2.05) is 38.1 Å². The van der Waals surface area contributed by atoms with Crippen molar-refractivity contribution in [3.05, 3.63) is 29.8 Å². The Balaban J connectivity index is 0.00000106. The van der Waals surface area contributed by atoms with Crippen molar-refractivity contribution in [2.24, 2.45) is 11.6 Å². The zero-order chi connectivity index (χ0) is 12.4. The fourth-order valence-corrected chi connectivity index (χ4v) is 1.68. The minimum Gasteiger partial charge on any atom is -0.384 e. The van der Waals surface area contributed by atoms with Gasteiger partial charge in [0.05, 0.1) is 6.61 Å². The number of nitrogens with one attached hydrogen (secondary N) is 1. The van der Waals surface area contributed by atoms with Gasteiger partial charge in [0.1, 0.15) is 5.84 Å². The molecule has 0 aliphatic carbocycles. The van der Waals surface area contributed by atoms with Crippen LogP contribution >= 0.6 is 11.8 Å². The van der Waals surface area contributed by atoms with Gasteiger partial charge < -0.3 is 10.6 Å². The van der Waals surface area contributed by atoms with Crippen molar-refractivity contribution in [3.63, 3.8) is 0 Å². The van der Waals surface area contributed by atoms with Crippen molar-refractivity contribution in [1.29, 1.82) is 5.41 Å². The highest BCUT2D eigenvalue weighted by Gasteiger charge is 1.97. The summed E-state index contributed by atoms with van der Waals surface area (Å²) in [4.78, 5) is 5.57. The van der Waals surface area contributed by atoms with Crippen molar-refractivity contribution in [1.82, 2.24) is 0 Å². The number of thioether (sulfide) groups is 1. The Morgan fingerprint density at radius 3 is 2.31 bits per heavy atom. The van der Waals surface area contributed by atoms with Gasteiger partial charge in [-0.2, -0.15) is 0 Å². The number of hydrogen-bond acceptors (Lipinski definition) is 4. The molecule has 0 amide bonds. The van der Waals surface area contributed by atoms with Crippen LogP contribution < -0.4 is 11.6 Å². The molecule has 90 valence electrons. The molecule has 5 heteroatoms. The molecule has 4 nitrogen and oxygen atoms in total. The first-order chi connectivity index (χ1) is 7.74. The molecule has 0 aromatic heterocycles. The zero-order valence-corrected chi connectivity index (χ0v) is 10.5. The zero-order valence-electron chi connectivity index (χ0n) is 9.69. The number of nitrogens with two attached hydrogens (primary N) is 2.